The van der Waals surface area contributed by atoms with Crippen molar-refractivity contribution >= 4 is 39.7 Å². The van der Waals surface area contributed by atoms with E-state index in [1.165, 1.54) is 0 Å². The number of nitrogens with zero attached hydrogens (tertiary/aromatic N) is 3. The van der Waals surface area contributed by atoms with Crippen LogP contribution in [0, 0.1) is 0 Å². The largest absolute Gasteiger partial charge is 0.312 e. The van der Waals surface area contributed by atoms with Crippen LogP contribution in [0.3, 0.4) is 0 Å². The Labute approximate surface area is 174 Å². The van der Waals surface area contributed by atoms with Crippen LogP contribution in [-0.2, 0) is 4.79 Å². The average Bonchev–Trinajstić information content (AvgIpc) is 2.68. The summed E-state index contributed by atoms with van der Waals surface area (Å²) in [5.41, 5.74) is 3.65. The summed E-state index contributed by atoms with van der Waals surface area (Å²) in [6, 6.07) is 10.7. The first-order valence-corrected chi connectivity index (χ1v) is 9.99. The Morgan fingerprint density at radius 2 is 1.86 bits per heavy atom. The highest BCUT2D eigenvalue weighted by molar-refractivity contribution is 6.30. The van der Waals surface area contributed by atoms with Crippen molar-refractivity contribution in [2.75, 3.05) is 11.4 Å². The van der Waals surface area contributed by atoms with E-state index in [-0.39, 0.29) is 17.4 Å². The molecular weight excluding hydrogens is 386 g/mol. The maximum atomic E-state index is 13.5. The molecule has 3 aromatic rings. The third-order valence-electron chi connectivity index (χ3n) is 5.31. The number of carbonyl (C=O) groups is 1. The summed E-state index contributed by atoms with van der Waals surface area (Å²) in [6.45, 7) is 10.3. The zero-order valence-electron chi connectivity index (χ0n) is 16.7. The van der Waals surface area contributed by atoms with Gasteiger partial charge in [-0.05, 0) is 48.4 Å². The molecule has 4 rings (SSSR count). The first-order chi connectivity index (χ1) is 13.8. The molecule has 2 heterocycles. The van der Waals surface area contributed by atoms with Crippen LogP contribution in [-0.4, -0.2) is 22.0 Å². The van der Waals surface area contributed by atoms with Gasteiger partial charge in [-0.25, -0.2) is 4.98 Å². The Hall–Kier alpha value is -2.92. The van der Waals surface area contributed by atoms with Gasteiger partial charge in [-0.15, -0.1) is 0 Å². The Kier molecular flexibility index (Phi) is 4.79. The minimum atomic E-state index is -0.142. The highest BCUT2D eigenvalue weighted by Gasteiger charge is 2.27. The fourth-order valence-corrected chi connectivity index (χ4v) is 4.00. The first-order valence-electron chi connectivity index (χ1n) is 9.61. The number of rotatable bonds is 2. The van der Waals surface area contributed by atoms with Gasteiger partial charge in [0.2, 0.25) is 5.91 Å². The molecule has 0 radical (unpaired) electrons. The van der Waals surface area contributed by atoms with E-state index in [2.05, 4.69) is 6.58 Å². The molecule has 0 unspecified atom stereocenters. The number of aromatic nitrogens is 2. The van der Waals surface area contributed by atoms with Gasteiger partial charge in [-0.1, -0.05) is 32.0 Å². The monoisotopic (exact) mass is 407 g/mol. The van der Waals surface area contributed by atoms with E-state index in [1.54, 1.807) is 34.6 Å². The quantitative estimate of drug-likeness (QED) is 0.605. The highest BCUT2D eigenvalue weighted by atomic mass is 35.5. The molecule has 148 valence electrons. The molecule has 0 saturated carbocycles. The first kappa shape index (κ1) is 19.4. The van der Waals surface area contributed by atoms with Crippen LogP contribution in [0.4, 0.5) is 5.69 Å². The molecule has 0 N–H and O–H groups in total. The molecule has 5 nitrogen and oxygen atoms in total. The van der Waals surface area contributed by atoms with Gasteiger partial charge in [-0.2, -0.15) is 0 Å². The fraction of sp³-hybridized carbons (Fsp3) is 0.261. The molecule has 6 heteroatoms. The molecule has 1 aliphatic heterocycles. The lowest BCUT2D eigenvalue weighted by Gasteiger charge is -2.30. The summed E-state index contributed by atoms with van der Waals surface area (Å²) in [7, 11) is 0. The minimum absolute atomic E-state index is 0.0133. The second-order valence-electron chi connectivity index (χ2n) is 7.62. The van der Waals surface area contributed by atoms with E-state index in [4.69, 9.17) is 16.6 Å². The standard InChI is InChI=1S/C23H22ClN3O2/c1-13(2)22-25-21-18(23(29)27(22)17-7-5-16(24)6-8-17)9-10-19-20(21)14(3)11-12-26(19)15(4)28/h5-10,13H,3,11-12H2,1-2,4H3. The van der Waals surface area contributed by atoms with E-state index in [0.717, 1.165) is 22.5 Å². The van der Waals surface area contributed by atoms with E-state index in [9.17, 15) is 9.59 Å². The molecule has 29 heavy (non-hydrogen) atoms. The van der Waals surface area contributed by atoms with Gasteiger partial charge in [0.15, 0.2) is 0 Å². The van der Waals surface area contributed by atoms with Crippen LogP contribution in [0.1, 0.15) is 44.5 Å². The van der Waals surface area contributed by atoms with Crippen LogP contribution in [0.15, 0.2) is 47.8 Å². The van der Waals surface area contributed by atoms with E-state index in [1.807, 2.05) is 32.0 Å². The molecule has 2 aromatic carbocycles. The zero-order valence-corrected chi connectivity index (χ0v) is 17.5. The summed E-state index contributed by atoms with van der Waals surface area (Å²) >= 11 is 6.03. The smallest absolute Gasteiger partial charge is 0.266 e. The van der Waals surface area contributed by atoms with Gasteiger partial charge in [0, 0.05) is 30.0 Å². The molecule has 0 bridgehead atoms. The van der Waals surface area contributed by atoms with Crippen LogP contribution in [0.25, 0.3) is 22.2 Å². The highest BCUT2D eigenvalue weighted by Crippen LogP contribution is 2.38. The number of carbonyl (C=O) groups excluding carboxylic acids is 1. The molecule has 1 aliphatic rings. The maximum absolute atomic E-state index is 13.5. The summed E-state index contributed by atoms with van der Waals surface area (Å²) < 4.78 is 1.64. The minimum Gasteiger partial charge on any atom is -0.312 e. The van der Waals surface area contributed by atoms with Crippen molar-refractivity contribution in [1.29, 1.82) is 0 Å². The fourth-order valence-electron chi connectivity index (χ4n) is 3.88. The lowest BCUT2D eigenvalue weighted by molar-refractivity contribution is -0.116. The Bertz CT molecular complexity index is 1210. The molecule has 1 aromatic heterocycles. The summed E-state index contributed by atoms with van der Waals surface area (Å²) in [5.74, 6) is 0.641. The maximum Gasteiger partial charge on any atom is 0.266 e. The van der Waals surface area contributed by atoms with E-state index < -0.39 is 0 Å². The lowest BCUT2D eigenvalue weighted by atomic mass is 9.94. The van der Waals surface area contributed by atoms with E-state index in [0.29, 0.717) is 34.7 Å². The molecular formula is C23H22ClN3O2. The summed E-state index contributed by atoms with van der Waals surface area (Å²) in [6.07, 6.45) is 0.657. The van der Waals surface area contributed by atoms with Gasteiger partial charge >= 0.3 is 0 Å². The van der Waals surface area contributed by atoms with Crippen molar-refractivity contribution in [2.24, 2.45) is 0 Å². The molecule has 0 fully saturated rings. The van der Waals surface area contributed by atoms with Gasteiger partial charge < -0.3 is 4.90 Å². The number of amides is 1. The Morgan fingerprint density at radius 1 is 1.17 bits per heavy atom. The van der Waals surface area contributed by atoms with Gasteiger partial charge in [-0.3, -0.25) is 14.2 Å². The Balaban J connectivity index is 2.08. The third-order valence-corrected chi connectivity index (χ3v) is 5.56. The second kappa shape index (κ2) is 7.16. The third kappa shape index (κ3) is 3.15. The van der Waals surface area contributed by atoms with Gasteiger partial charge in [0.1, 0.15) is 5.82 Å². The molecule has 1 amide bonds. The van der Waals surface area contributed by atoms with Crippen LogP contribution in [0.5, 0.6) is 0 Å². The number of benzene rings is 2. The SMILES string of the molecule is C=C1CCN(C(C)=O)c2ccc3c(=O)n(-c4ccc(Cl)cc4)c(C(C)C)nc3c21. The van der Waals surface area contributed by atoms with Gasteiger partial charge in [0.05, 0.1) is 22.3 Å². The van der Waals surface area contributed by atoms with Crippen molar-refractivity contribution in [3.63, 3.8) is 0 Å². The molecule has 0 spiro atoms. The Morgan fingerprint density at radius 3 is 2.48 bits per heavy atom. The van der Waals surface area contributed by atoms with Crippen LogP contribution >= 0.6 is 11.6 Å². The topological polar surface area (TPSA) is 55.2 Å². The predicted molar refractivity (Wildman–Crippen MR) is 118 cm³/mol. The van der Waals surface area contributed by atoms with Crippen LogP contribution in [0.2, 0.25) is 5.02 Å². The predicted octanol–water partition coefficient (Wildman–Crippen LogP) is 4.93. The lowest BCUT2D eigenvalue weighted by Crippen LogP contribution is -2.33. The van der Waals surface area contributed by atoms with Crippen molar-refractivity contribution < 1.29 is 4.79 Å². The zero-order chi connectivity index (χ0) is 20.9. The normalized spacial score (nSPS) is 13.8. The number of halogens is 1. The summed E-state index contributed by atoms with van der Waals surface area (Å²) in [5, 5.41) is 1.12. The van der Waals surface area contributed by atoms with Crippen molar-refractivity contribution in [1.82, 2.24) is 9.55 Å². The number of anilines is 1. The van der Waals surface area contributed by atoms with Crippen molar-refractivity contribution in [3.05, 3.63) is 69.7 Å². The van der Waals surface area contributed by atoms with Crippen LogP contribution < -0.4 is 10.5 Å². The molecule has 0 aliphatic carbocycles. The van der Waals surface area contributed by atoms with Gasteiger partial charge in [0.25, 0.3) is 5.56 Å². The molecule has 0 atom stereocenters. The molecule has 0 saturated heterocycles. The van der Waals surface area contributed by atoms with E-state index >= 15 is 0 Å². The van der Waals surface area contributed by atoms with Crippen molar-refractivity contribution in [3.8, 4) is 5.69 Å². The second-order valence-corrected chi connectivity index (χ2v) is 8.06. The summed E-state index contributed by atoms with van der Waals surface area (Å²) in [4.78, 5) is 32.3. The number of hydrogen-bond donors (Lipinski definition) is 0. The van der Waals surface area contributed by atoms with Crippen molar-refractivity contribution in [2.45, 2.75) is 33.1 Å². The number of fused-ring (bicyclic) bond motifs is 3. The number of hydrogen-bond acceptors (Lipinski definition) is 3. The average molecular weight is 408 g/mol.